The Morgan fingerprint density at radius 1 is 0.530 bits per heavy atom. The fourth-order valence-electron chi connectivity index (χ4n) is 7.77. The molecule has 2 aliphatic heterocycles. The molecule has 374 valence electrons. The monoisotopic (exact) mass is 971 g/mol. The molecule has 24 heteroatoms. The van der Waals surface area contributed by atoms with E-state index < -0.39 is 107 Å². The van der Waals surface area contributed by atoms with Gasteiger partial charge in [0.1, 0.15) is 48.3 Å². The zero-order valence-electron chi connectivity index (χ0n) is 39.2. The molecule has 0 unspecified atom stereocenters. The van der Waals surface area contributed by atoms with E-state index in [2.05, 4.69) is 31.9 Å². The summed E-state index contributed by atoms with van der Waals surface area (Å²) in [6, 6.07) is -8.11. The van der Waals surface area contributed by atoms with Crippen LogP contribution in [-0.4, -0.2) is 155 Å². The Morgan fingerprint density at radius 2 is 0.879 bits per heavy atom. The minimum atomic E-state index is -1.15. The van der Waals surface area contributed by atoms with Crippen LogP contribution in [-0.2, 0) is 47.9 Å². The van der Waals surface area contributed by atoms with Gasteiger partial charge in [0.25, 0.3) is 0 Å². The summed E-state index contributed by atoms with van der Waals surface area (Å²) in [6.45, 7) is 10.6. The van der Waals surface area contributed by atoms with Gasteiger partial charge in [0.2, 0.25) is 59.1 Å². The summed E-state index contributed by atoms with van der Waals surface area (Å²) >= 11 is 0. The molecular weight excluding hydrogens is 897 g/mol. The quantitative estimate of drug-likeness (QED) is 0.0282. The Morgan fingerprint density at radius 3 is 1.17 bits per heavy atom. The molecule has 0 aromatic heterocycles. The molecule has 0 bridgehead atoms. The molecule has 2 saturated heterocycles. The standard InChI is InChI=1S/C42H74N12O10S2/c1-23(2)33(35(45)57)51-39(61)31-15-11-19-53(31)41(63)27(13-7-9-17-43)49-37(59)29(47-25(5)55)21-65-66-22-30(48-26(6)56)38(60)50-28(14-8-10-18-44)42(64)54-20-12-16-32(54)40(62)52-34(24(3)4)36(46)58/h23-24,27-34H,7-22,43-44H2,1-6H3,(H2,45,57)(H2,46,58)(H,47,55)(H,48,56)(H,49,59)(H,50,60)(H,51,61)(H,52,62)/t27-,28-,29-,30-,31-,32-,33-,34-/m0/s1. The molecule has 22 nitrogen and oxygen atoms in total. The van der Waals surface area contributed by atoms with Gasteiger partial charge in [-0.25, -0.2) is 0 Å². The van der Waals surface area contributed by atoms with E-state index >= 15 is 0 Å². The lowest BCUT2D eigenvalue weighted by molar-refractivity contribution is -0.142. The lowest BCUT2D eigenvalue weighted by atomic mass is 10.0. The Kier molecular flexibility index (Phi) is 25.4. The number of unbranched alkanes of at least 4 members (excludes halogenated alkanes) is 2. The lowest BCUT2D eigenvalue weighted by Gasteiger charge is -2.31. The van der Waals surface area contributed by atoms with Crippen molar-refractivity contribution in [2.45, 2.75) is 154 Å². The minimum absolute atomic E-state index is 0.0291. The van der Waals surface area contributed by atoms with Crippen LogP contribution in [0.3, 0.4) is 0 Å². The number of nitrogens with one attached hydrogen (secondary N) is 6. The van der Waals surface area contributed by atoms with Gasteiger partial charge in [-0.05, 0) is 89.1 Å². The largest absolute Gasteiger partial charge is 0.368 e. The Labute approximate surface area is 395 Å². The molecule has 8 atom stereocenters. The molecule has 2 aliphatic rings. The smallest absolute Gasteiger partial charge is 0.245 e. The normalized spacial score (nSPS) is 18.6. The summed E-state index contributed by atoms with van der Waals surface area (Å²) in [5.74, 6) is -6.50. The molecule has 0 aromatic carbocycles. The number of nitrogens with two attached hydrogens (primary N) is 4. The molecule has 0 saturated carbocycles. The summed E-state index contributed by atoms with van der Waals surface area (Å²) in [7, 11) is 2.23. The van der Waals surface area contributed by atoms with Gasteiger partial charge in [0, 0.05) is 38.4 Å². The van der Waals surface area contributed by atoms with E-state index in [1.807, 2.05) is 0 Å². The number of hydrogen-bond donors (Lipinski definition) is 10. The molecule has 0 aliphatic carbocycles. The van der Waals surface area contributed by atoms with Gasteiger partial charge in [-0.15, -0.1) is 0 Å². The van der Waals surface area contributed by atoms with E-state index in [0.717, 1.165) is 21.6 Å². The van der Waals surface area contributed by atoms with E-state index in [1.54, 1.807) is 27.7 Å². The SMILES string of the molecule is CC(=O)N[C@@H](CSSC[C@H](NC(C)=O)C(=O)N[C@@H](CCCCN)C(=O)N1CCC[C@H]1C(=O)N[C@H](C(N)=O)C(C)C)C(=O)N[C@@H](CCCCN)C(=O)N1CCC[C@H]1C(=O)N[C@H](C(N)=O)C(C)C. The van der Waals surface area contributed by atoms with E-state index in [0.29, 0.717) is 64.5 Å². The first kappa shape index (κ1) is 57.4. The zero-order chi connectivity index (χ0) is 49.7. The first-order valence-corrected chi connectivity index (χ1v) is 25.2. The molecule has 0 spiro atoms. The molecule has 2 fully saturated rings. The maximum Gasteiger partial charge on any atom is 0.245 e. The molecule has 0 radical (unpaired) electrons. The predicted octanol–water partition coefficient (Wildman–Crippen LogP) is -2.16. The fourth-order valence-corrected chi connectivity index (χ4v) is 10.1. The summed E-state index contributed by atoms with van der Waals surface area (Å²) in [5.41, 5.74) is 22.5. The number of rotatable bonds is 29. The first-order chi connectivity index (χ1) is 31.1. The number of carbonyl (C=O) groups is 10. The van der Waals surface area contributed by atoms with Gasteiger partial charge in [0.15, 0.2) is 0 Å². The maximum atomic E-state index is 14.0. The summed E-state index contributed by atoms with van der Waals surface area (Å²) in [5, 5.41) is 16.1. The van der Waals surface area contributed by atoms with Crippen LogP contribution in [0.5, 0.6) is 0 Å². The van der Waals surface area contributed by atoms with E-state index in [1.165, 1.54) is 23.6 Å². The van der Waals surface area contributed by atoms with Crippen molar-refractivity contribution in [3.63, 3.8) is 0 Å². The minimum Gasteiger partial charge on any atom is -0.368 e. The van der Waals surface area contributed by atoms with Gasteiger partial charge in [-0.1, -0.05) is 49.3 Å². The third-order valence-corrected chi connectivity index (χ3v) is 13.7. The highest BCUT2D eigenvalue weighted by Gasteiger charge is 2.41. The average Bonchev–Trinajstić information content (AvgIpc) is 3.94. The average molecular weight is 971 g/mol. The van der Waals surface area contributed by atoms with E-state index in [9.17, 15) is 47.9 Å². The third-order valence-electron chi connectivity index (χ3n) is 11.3. The van der Waals surface area contributed by atoms with Gasteiger partial charge in [-0.2, -0.15) is 0 Å². The van der Waals surface area contributed by atoms with Crippen LogP contribution in [0.15, 0.2) is 0 Å². The second-order valence-electron chi connectivity index (χ2n) is 17.4. The molecule has 66 heavy (non-hydrogen) atoms. The van der Waals surface area contributed by atoms with Crippen molar-refractivity contribution in [2.75, 3.05) is 37.7 Å². The van der Waals surface area contributed by atoms with Crippen LogP contribution in [0.4, 0.5) is 0 Å². The Bertz CT molecular complexity index is 1590. The van der Waals surface area contributed by atoms with Crippen LogP contribution >= 0.6 is 21.6 Å². The number of carbonyl (C=O) groups excluding carboxylic acids is 10. The molecule has 0 aromatic rings. The molecule has 2 heterocycles. The lowest BCUT2D eigenvalue weighted by Crippen LogP contribution is -2.58. The summed E-state index contributed by atoms with van der Waals surface area (Å²) in [4.78, 5) is 134. The highest BCUT2D eigenvalue weighted by atomic mass is 33.1. The predicted molar refractivity (Wildman–Crippen MR) is 251 cm³/mol. The highest BCUT2D eigenvalue weighted by molar-refractivity contribution is 8.76. The summed E-state index contributed by atoms with van der Waals surface area (Å²) in [6.07, 6.45) is 4.14. The second kappa shape index (κ2) is 29.2. The molecular formula is C42H74N12O10S2. The number of hydrogen-bond acceptors (Lipinski definition) is 14. The number of primary amides is 2. The van der Waals surface area contributed by atoms with Gasteiger partial charge in [0.05, 0.1) is 0 Å². The number of likely N-dealkylation sites (tertiary alicyclic amines) is 2. The van der Waals surface area contributed by atoms with Crippen LogP contribution in [0.2, 0.25) is 0 Å². The maximum absolute atomic E-state index is 14.0. The number of amides is 10. The zero-order valence-corrected chi connectivity index (χ0v) is 40.8. The van der Waals surface area contributed by atoms with Crippen molar-refractivity contribution in [1.29, 1.82) is 0 Å². The van der Waals surface area contributed by atoms with Crippen LogP contribution < -0.4 is 54.8 Å². The Hall–Kier alpha value is -4.68. The van der Waals surface area contributed by atoms with Crippen molar-refractivity contribution < 1.29 is 47.9 Å². The Balaban J connectivity index is 2.21. The van der Waals surface area contributed by atoms with Crippen molar-refractivity contribution in [2.24, 2.45) is 34.8 Å². The van der Waals surface area contributed by atoms with Crippen molar-refractivity contribution >= 4 is 80.7 Å². The molecule has 2 rings (SSSR count). The van der Waals surface area contributed by atoms with Crippen molar-refractivity contribution in [1.82, 2.24) is 41.7 Å². The second-order valence-corrected chi connectivity index (χ2v) is 20.0. The first-order valence-electron chi connectivity index (χ1n) is 22.7. The van der Waals surface area contributed by atoms with E-state index in [4.69, 9.17) is 22.9 Å². The fraction of sp³-hybridized carbons (Fsp3) is 0.762. The molecule has 10 amide bonds. The topological polar surface area (TPSA) is 353 Å². The van der Waals surface area contributed by atoms with Crippen LogP contribution in [0.25, 0.3) is 0 Å². The highest BCUT2D eigenvalue weighted by Crippen LogP contribution is 2.25. The van der Waals surface area contributed by atoms with Crippen LogP contribution in [0, 0.1) is 11.8 Å². The summed E-state index contributed by atoms with van der Waals surface area (Å²) < 4.78 is 0. The van der Waals surface area contributed by atoms with Crippen molar-refractivity contribution in [3.8, 4) is 0 Å². The van der Waals surface area contributed by atoms with E-state index in [-0.39, 0.29) is 49.3 Å². The van der Waals surface area contributed by atoms with Gasteiger partial charge >= 0.3 is 0 Å². The molecule has 14 N–H and O–H groups in total. The van der Waals surface area contributed by atoms with Gasteiger partial charge in [-0.3, -0.25) is 47.9 Å². The van der Waals surface area contributed by atoms with Gasteiger partial charge < -0.3 is 64.6 Å². The van der Waals surface area contributed by atoms with Crippen LogP contribution in [0.1, 0.15) is 106 Å². The number of nitrogens with zero attached hydrogens (tertiary/aromatic N) is 2. The third kappa shape index (κ3) is 18.5. The van der Waals surface area contributed by atoms with Crippen molar-refractivity contribution in [3.05, 3.63) is 0 Å².